The Morgan fingerprint density at radius 1 is 1.16 bits per heavy atom. The van der Waals surface area contributed by atoms with Crippen LogP contribution in [0.4, 0.5) is 5.82 Å². The Hall–Kier alpha value is -2.44. The first kappa shape index (κ1) is 16.1. The van der Waals surface area contributed by atoms with Crippen molar-refractivity contribution in [1.29, 1.82) is 0 Å². The second-order valence-corrected chi connectivity index (χ2v) is 6.50. The summed E-state index contributed by atoms with van der Waals surface area (Å²) in [5, 5.41) is 8.76. The topological polar surface area (TPSA) is 58.9 Å². The standard InChI is InChI=1S/C18H19ClN6/c19-17-4-2-1-3-14(17)12-24-7-8-25-16(13-24)9-15(23-25)10-22-18-11-20-5-6-21-18/h1-6,9,11H,7-8,10,12-13H2,(H,21,22). The number of anilines is 1. The molecular formula is C18H19ClN6. The molecule has 0 saturated heterocycles. The molecule has 0 fully saturated rings. The Labute approximate surface area is 151 Å². The van der Waals surface area contributed by atoms with Crippen LogP contribution < -0.4 is 5.32 Å². The minimum atomic E-state index is 0.642. The van der Waals surface area contributed by atoms with E-state index in [1.165, 1.54) is 11.3 Å². The van der Waals surface area contributed by atoms with Gasteiger partial charge in [-0.3, -0.25) is 14.6 Å². The molecule has 2 aromatic heterocycles. The lowest BCUT2D eigenvalue weighted by Crippen LogP contribution is -2.33. The molecule has 4 rings (SSSR count). The van der Waals surface area contributed by atoms with Crippen LogP contribution in [0.25, 0.3) is 0 Å². The average molecular weight is 355 g/mol. The first-order valence-electron chi connectivity index (χ1n) is 8.29. The summed E-state index contributed by atoms with van der Waals surface area (Å²) < 4.78 is 2.09. The number of nitrogens with zero attached hydrogens (tertiary/aromatic N) is 5. The summed E-state index contributed by atoms with van der Waals surface area (Å²) in [6, 6.07) is 10.2. The average Bonchev–Trinajstić information content (AvgIpc) is 3.05. The quantitative estimate of drug-likeness (QED) is 0.763. The summed E-state index contributed by atoms with van der Waals surface area (Å²) >= 11 is 6.28. The number of hydrogen-bond acceptors (Lipinski definition) is 5. The fourth-order valence-electron chi connectivity index (χ4n) is 3.04. The van der Waals surface area contributed by atoms with Gasteiger partial charge >= 0.3 is 0 Å². The maximum atomic E-state index is 6.28. The third kappa shape index (κ3) is 3.81. The van der Waals surface area contributed by atoms with E-state index in [2.05, 4.69) is 42.1 Å². The van der Waals surface area contributed by atoms with Crippen molar-refractivity contribution >= 4 is 17.4 Å². The van der Waals surface area contributed by atoms with E-state index in [-0.39, 0.29) is 0 Å². The Balaban J connectivity index is 1.40. The summed E-state index contributed by atoms with van der Waals surface area (Å²) in [7, 11) is 0. The van der Waals surface area contributed by atoms with E-state index < -0.39 is 0 Å². The van der Waals surface area contributed by atoms with Crippen molar-refractivity contribution in [2.45, 2.75) is 26.2 Å². The van der Waals surface area contributed by atoms with Gasteiger partial charge in [0.15, 0.2) is 0 Å². The number of nitrogens with one attached hydrogen (secondary N) is 1. The third-order valence-electron chi connectivity index (χ3n) is 4.29. The van der Waals surface area contributed by atoms with E-state index >= 15 is 0 Å². The van der Waals surface area contributed by atoms with Crippen LogP contribution in [0.15, 0.2) is 48.9 Å². The zero-order valence-electron chi connectivity index (χ0n) is 13.8. The second kappa shape index (κ2) is 7.21. The lowest BCUT2D eigenvalue weighted by Gasteiger charge is -2.27. The van der Waals surface area contributed by atoms with Crippen LogP contribution >= 0.6 is 11.6 Å². The number of aromatic nitrogens is 4. The number of rotatable bonds is 5. The summed E-state index contributed by atoms with van der Waals surface area (Å²) in [5.41, 5.74) is 3.41. The van der Waals surface area contributed by atoms with Crippen molar-refractivity contribution in [1.82, 2.24) is 24.6 Å². The predicted octanol–water partition coefficient (Wildman–Crippen LogP) is 2.95. The molecule has 3 heterocycles. The van der Waals surface area contributed by atoms with Crippen molar-refractivity contribution in [2.24, 2.45) is 0 Å². The largest absolute Gasteiger partial charge is 0.363 e. The van der Waals surface area contributed by atoms with Crippen molar-refractivity contribution in [3.8, 4) is 0 Å². The number of halogens is 1. The van der Waals surface area contributed by atoms with Gasteiger partial charge < -0.3 is 5.32 Å². The first-order valence-corrected chi connectivity index (χ1v) is 8.67. The predicted molar refractivity (Wildman–Crippen MR) is 97.2 cm³/mol. The summed E-state index contributed by atoms with van der Waals surface area (Å²) in [6.45, 7) is 4.24. The molecule has 0 bridgehead atoms. The number of hydrogen-bond donors (Lipinski definition) is 1. The summed E-state index contributed by atoms with van der Waals surface area (Å²) in [4.78, 5) is 10.7. The van der Waals surface area contributed by atoms with Gasteiger partial charge in [-0.05, 0) is 17.7 Å². The van der Waals surface area contributed by atoms with Gasteiger partial charge in [0, 0.05) is 37.1 Å². The molecule has 1 aliphatic heterocycles. The monoisotopic (exact) mass is 354 g/mol. The molecule has 1 N–H and O–H groups in total. The Morgan fingerprint density at radius 2 is 2.08 bits per heavy atom. The molecular weight excluding hydrogens is 336 g/mol. The number of fused-ring (bicyclic) bond motifs is 1. The van der Waals surface area contributed by atoms with E-state index in [1.54, 1.807) is 18.6 Å². The van der Waals surface area contributed by atoms with Crippen LogP contribution in [0.5, 0.6) is 0 Å². The Bertz CT molecular complexity index is 848. The summed E-state index contributed by atoms with van der Waals surface area (Å²) in [6.07, 6.45) is 5.04. The third-order valence-corrected chi connectivity index (χ3v) is 4.66. The molecule has 1 aromatic carbocycles. The molecule has 7 heteroatoms. The highest BCUT2D eigenvalue weighted by Crippen LogP contribution is 2.21. The molecule has 6 nitrogen and oxygen atoms in total. The highest BCUT2D eigenvalue weighted by molar-refractivity contribution is 6.31. The zero-order chi connectivity index (χ0) is 17.1. The van der Waals surface area contributed by atoms with Crippen LogP contribution in [0.2, 0.25) is 5.02 Å². The van der Waals surface area contributed by atoms with Crippen LogP contribution in [0, 0.1) is 0 Å². The normalized spacial score (nSPS) is 14.3. The molecule has 0 unspecified atom stereocenters. The molecule has 0 amide bonds. The molecule has 0 spiro atoms. The van der Waals surface area contributed by atoms with Gasteiger partial charge in [0.05, 0.1) is 30.7 Å². The minimum absolute atomic E-state index is 0.642. The van der Waals surface area contributed by atoms with E-state index in [0.717, 1.165) is 42.7 Å². The van der Waals surface area contributed by atoms with E-state index in [4.69, 9.17) is 11.6 Å². The molecule has 0 saturated carbocycles. The van der Waals surface area contributed by atoms with E-state index in [1.807, 2.05) is 18.2 Å². The van der Waals surface area contributed by atoms with E-state index in [0.29, 0.717) is 6.54 Å². The fourth-order valence-corrected chi connectivity index (χ4v) is 3.24. The maximum absolute atomic E-state index is 6.28. The molecule has 128 valence electrons. The van der Waals surface area contributed by atoms with Gasteiger partial charge in [-0.1, -0.05) is 29.8 Å². The first-order chi connectivity index (χ1) is 12.3. The van der Waals surface area contributed by atoms with Crippen molar-refractivity contribution in [3.63, 3.8) is 0 Å². The lowest BCUT2D eigenvalue weighted by atomic mass is 10.2. The van der Waals surface area contributed by atoms with Crippen LogP contribution in [0.1, 0.15) is 17.0 Å². The van der Waals surface area contributed by atoms with Gasteiger partial charge in [-0.25, -0.2) is 4.98 Å². The second-order valence-electron chi connectivity index (χ2n) is 6.10. The maximum Gasteiger partial charge on any atom is 0.144 e. The molecule has 0 aliphatic carbocycles. The number of benzene rings is 1. The Morgan fingerprint density at radius 3 is 2.92 bits per heavy atom. The Kier molecular flexibility index (Phi) is 4.63. The molecule has 3 aromatic rings. The SMILES string of the molecule is Clc1ccccc1CN1CCn2nc(CNc3cnccn3)cc2C1. The van der Waals surface area contributed by atoms with Crippen molar-refractivity contribution in [3.05, 3.63) is 70.9 Å². The van der Waals surface area contributed by atoms with Gasteiger partial charge in [-0.2, -0.15) is 5.10 Å². The molecule has 25 heavy (non-hydrogen) atoms. The minimum Gasteiger partial charge on any atom is -0.363 e. The van der Waals surface area contributed by atoms with Crippen LogP contribution in [-0.4, -0.2) is 31.2 Å². The van der Waals surface area contributed by atoms with Crippen molar-refractivity contribution < 1.29 is 0 Å². The zero-order valence-corrected chi connectivity index (χ0v) is 14.5. The van der Waals surface area contributed by atoms with Crippen LogP contribution in [-0.2, 0) is 26.2 Å². The lowest BCUT2D eigenvalue weighted by molar-refractivity contribution is 0.205. The highest BCUT2D eigenvalue weighted by Gasteiger charge is 2.19. The van der Waals surface area contributed by atoms with Gasteiger partial charge in [0.25, 0.3) is 0 Å². The molecule has 0 radical (unpaired) electrons. The molecule has 0 atom stereocenters. The van der Waals surface area contributed by atoms with Gasteiger partial charge in [-0.15, -0.1) is 0 Å². The smallest absolute Gasteiger partial charge is 0.144 e. The summed E-state index contributed by atoms with van der Waals surface area (Å²) in [5.74, 6) is 0.758. The van der Waals surface area contributed by atoms with Crippen molar-refractivity contribution in [2.75, 3.05) is 11.9 Å². The molecule has 1 aliphatic rings. The fraction of sp³-hybridized carbons (Fsp3) is 0.278. The van der Waals surface area contributed by atoms with Gasteiger partial charge in [0.2, 0.25) is 0 Å². The van der Waals surface area contributed by atoms with Crippen LogP contribution in [0.3, 0.4) is 0 Å². The van der Waals surface area contributed by atoms with Gasteiger partial charge in [0.1, 0.15) is 5.82 Å². The highest BCUT2D eigenvalue weighted by atomic mass is 35.5. The van der Waals surface area contributed by atoms with E-state index in [9.17, 15) is 0 Å².